The summed E-state index contributed by atoms with van der Waals surface area (Å²) in [6, 6.07) is 0. The number of unbranched alkanes of at least 4 members (excludes halogenated alkanes) is 35. The molecule has 0 saturated heterocycles. The molecule has 0 radical (unpaired) electrons. The third-order valence-corrected chi connectivity index (χ3v) is 13.7. The van der Waals surface area contributed by atoms with Crippen molar-refractivity contribution in [3.05, 3.63) is 72.9 Å². The molecule has 0 fully saturated rings. The Balaban J connectivity index is 4.33. The van der Waals surface area contributed by atoms with Gasteiger partial charge in [0.1, 0.15) is 13.2 Å². The van der Waals surface area contributed by atoms with E-state index in [9.17, 15) is 14.4 Å². The van der Waals surface area contributed by atoms with Gasteiger partial charge in [-0.05, 0) is 70.6 Å². The molecule has 422 valence electrons. The van der Waals surface area contributed by atoms with Crippen LogP contribution in [-0.4, -0.2) is 37.2 Å². The summed E-state index contributed by atoms with van der Waals surface area (Å²) in [7, 11) is 0. The van der Waals surface area contributed by atoms with Gasteiger partial charge >= 0.3 is 17.9 Å². The van der Waals surface area contributed by atoms with Gasteiger partial charge in [0.2, 0.25) is 0 Å². The van der Waals surface area contributed by atoms with Crippen molar-refractivity contribution in [2.45, 2.75) is 322 Å². The fourth-order valence-corrected chi connectivity index (χ4v) is 9.05. The minimum Gasteiger partial charge on any atom is -0.462 e. The number of ether oxygens (including phenoxy) is 3. The Morgan fingerprint density at radius 1 is 0.301 bits per heavy atom. The SMILES string of the molecule is CC/C=C\C/C=C\C/C=C\C/C=C\C/C=C\CC(=O)OC(COC(=O)CCCCCCC/C=C\CCCCCCCC)COC(=O)CCCCCCCCCCCCCCCCCCCCCCCCCCC. The zero-order valence-electron chi connectivity index (χ0n) is 48.4. The smallest absolute Gasteiger partial charge is 0.310 e. The molecule has 0 aliphatic rings. The van der Waals surface area contributed by atoms with Gasteiger partial charge in [-0.1, -0.05) is 299 Å². The summed E-state index contributed by atoms with van der Waals surface area (Å²) in [5.41, 5.74) is 0. The van der Waals surface area contributed by atoms with Crippen molar-refractivity contribution >= 4 is 17.9 Å². The molecule has 1 atom stereocenters. The quantitative estimate of drug-likeness (QED) is 0.0261. The molecule has 0 aromatic carbocycles. The van der Waals surface area contributed by atoms with Gasteiger partial charge in [0, 0.05) is 12.8 Å². The molecule has 0 bridgehead atoms. The van der Waals surface area contributed by atoms with Crippen LogP contribution in [0.1, 0.15) is 316 Å². The lowest BCUT2D eigenvalue weighted by Gasteiger charge is -2.18. The fraction of sp³-hybridized carbons (Fsp3) is 0.776. The molecule has 0 heterocycles. The monoisotopic (exact) mass is 1020 g/mol. The first-order valence-corrected chi connectivity index (χ1v) is 31.4. The van der Waals surface area contributed by atoms with E-state index in [2.05, 4.69) is 81.5 Å². The van der Waals surface area contributed by atoms with E-state index in [1.807, 2.05) is 6.08 Å². The molecule has 6 heteroatoms. The van der Waals surface area contributed by atoms with Crippen molar-refractivity contribution in [2.75, 3.05) is 13.2 Å². The third kappa shape index (κ3) is 59.6. The number of rotatable bonds is 57. The molecule has 0 aromatic heterocycles. The Morgan fingerprint density at radius 3 is 0.890 bits per heavy atom. The Kier molecular flexibility index (Phi) is 58.7. The van der Waals surface area contributed by atoms with E-state index >= 15 is 0 Å². The van der Waals surface area contributed by atoms with Crippen LogP contribution in [0.4, 0.5) is 0 Å². The summed E-state index contributed by atoms with van der Waals surface area (Å²) in [4.78, 5) is 38.2. The molecular weight excluding hydrogens is 901 g/mol. The number of carbonyl (C=O) groups is 3. The molecule has 0 N–H and O–H groups in total. The van der Waals surface area contributed by atoms with E-state index in [0.29, 0.717) is 12.8 Å². The molecule has 0 rings (SSSR count). The minimum atomic E-state index is -0.832. The lowest BCUT2D eigenvalue weighted by Crippen LogP contribution is -2.30. The van der Waals surface area contributed by atoms with Crippen molar-refractivity contribution < 1.29 is 28.6 Å². The normalized spacial score (nSPS) is 12.5. The molecule has 0 aromatic rings. The first kappa shape index (κ1) is 69.8. The minimum absolute atomic E-state index is 0.0976. The maximum absolute atomic E-state index is 12.8. The van der Waals surface area contributed by atoms with Gasteiger partial charge in [0.25, 0.3) is 0 Å². The summed E-state index contributed by atoms with van der Waals surface area (Å²) >= 11 is 0. The van der Waals surface area contributed by atoms with Gasteiger partial charge < -0.3 is 14.2 Å². The van der Waals surface area contributed by atoms with Gasteiger partial charge in [-0.25, -0.2) is 0 Å². The predicted molar refractivity (Wildman–Crippen MR) is 316 cm³/mol. The van der Waals surface area contributed by atoms with Gasteiger partial charge in [-0.2, -0.15) is 0 Å². The van der Waals surface area contributed by atoms with Crippen molar-refractivity contribution in [3.8, 4) is 0 Å². The second-order valence-corrected chi connectivity index (χ2v) is 21.0. The third-order valence-electron chi connectivity index (χ3n) is 13.7. The molecule has 0 saturated carbocycles. The zero-order chi connectivity index (χ0) is 52.9. The van der Waals surface area contributed by atoms with E-state index in [-0.39, 0.29) is 31.6 Å². The number of carbonyl (C=O) groups excluding carboxylic acids is 3. The van der Waals surface area contributed by atoms with Crippen molar-refractivity contribution in [1.82, 2.24) is 0 Å². The fourth-order valence-electron chi connectivity index (χ4n) is 9.05. The molecule has 1 unspecified atom stereocenters. The van der Waals surface area contributed by atoms with Crippen LogP contribution in [0.25, 0.3) is 0 Å². The first-order chi connectivity index (χ1) is 36.0. The molecule has 6 nitrogen and oxygen atoms in total. The lowest BCUT2D eigenvalue weighted by molar-refractivity contribution is -0.166. The van der Waals surface area contributed by atoms with Crippen LogP contribution in [0, 0.1) is 0 Å². The second-order valence-electron chi connectivity index (χ2n) is 21.0. The number of hydrogen-bond donors (Lipinski definition) is 0. The highest BCUT2D eigenvalue weighted by molar-refractivity contribution is 5.72. The first-order valence-electron chi connectivity index (χ1n) is 31.4. The van der Waals surface area contributed by atoms with Gasteiger partial charge in [0.15, 0.2) is 6.10 Å². The van der Waals surface area contributed by atoms with E-state index in [1.54, 1.807) is 6.08 Å². The van der Waals surface area contributed by atoms with E-state index in [1.165, 1.54) is 193 Å². The van der Waals surface area contributed by atoms with Crippen LogP contribution < -0.4 is 0 Å². The standard InChI is InChI=1S/C67H118O6/c1-4-7-10-13-16-19-22-25-28-29-30-31-32-33-34-35-36-37-40-42-45-48-51-54-57-60-66(69)72-63-64(73-67(70)61-58-55-52-49-46-43-39-27-24-21-18-15-12-9-6-3)62-71-65(68)59-56-53-50-47-44-41-38-26-23-20-17-14-11-8-5-2/h9,12,18,21,26-27,38-39,46,49,55,58,64H,4-8,10-11,13-17,19-20,22-25,28-37,40-45,47-48,50-54,56-57,59-63H2,1-3H3/b12-9-,21-18-,38-26-,39-27-,49-46-,58-55-. The summed E-state index contributed by atoms with van der Waals surface area (Å²) in [6.07, 6.45) is 79.5. The molecule has 0 aliphatic carbocycles. The number of hydrogen-bond acceptors (Lipinski definition) is 6. The van der Waals surface area contributed by atoms with E-state index in [0.717, 1.165) is 83.5 Å². The van der Waals surface area contributed by atoms with Crippen LogP contribution in [0.3, 0.4) is 0 Å². The Bertz CT molecular complexity index is 1360. The van der Waals surface area contributed by atoms with Crippen molar-refractivity contribution in [3.63, 3.8) is 0 Å². The van der Waals surface area contributed by atoms with E-state index < -0.39 is 12.1 Å². The second kappa shape index (κ2) is 61.4. The highest BCUT2D eigenvalue weighted by Crippen LogP contribution is 2.17. The van der Waals surface area contributed by atoms with Gasteiger partial charge in [-0.3, -0.25) is 14.4 Å². The predicted octanol–water partition coefficient (Wildman–Crippen LogP) is 21.3. The van der Waals surface area contributed by atoms with Crippen LogP contribution in [0.15, 0.2) is 72.9 Å². The maximum atomic E-state index is 12.8. The Hall–Kier alpha value is -3.15. The lowest BCUT2D eigenvalue weighted by atomic mass is 10.0. The number of esters is 3. The van der Waals surface area contributed by atoms with Crippen LogP contribution >= 0.6 is 0 Å². The maximum Gasteiger partial charge on any atom is 0.310 e. The topological polar surface area (TPSA) is 78.9 Å². The summed E-state index contributed by atoms with van der Waals surface area (Å²) in [6.45, 7) is 6.47. The summed E-state index contributed by atoms with van der Waals surface area (Å²) in [5.74, 6) is -1.04. The Labute approximate surface area is 453 Å². The zero-order valence-corrected chi connectivity index (χ0v) is 48.4. The number of allylic oxidation sites excluding steroid dienone is 11. The average Bonchev–Trinajstić information content (AvgIpc) is 3.39. The highest BCUT2D eigenvalue weighted by Gasteiger charge is 2.19. The molecule has 0 aliphatic heterocycles. The van der Waals surface area contributed by atoms with E-state index in [4.69, 9.17) is 14.2 Å². The van der Waals surface area contributed by atoms with Crippen molar-refractivity contribution in [2.24, 2.45) is 0 Å². The molecule has 0 amide bonds. The van der Waals surface area contributed by atoms with Gasteiger partial charge in [0.05, 0.1) is 6.42 Å². The average molecular weight is 1020 g/mol. The summed E-state index contributed by atoms with van der Waals surface area (Å²) in [5, 5.41) is 0. The largest absolute Gasteiger partial charge is 0.462 e. The highest BCUT2D eigenvalue weighted by atomic mass is 16.6. The Morgan fingerprint density at radius 2 is 0.575 bits per heavy atom. The van der Waals surface area contributed by atoms with Crippen LogP contribution in [-0.2, 0) is 28.6 Å². The molecular formula is C67H118O6. The van der Waals surface area contributed by atoms with Crippen LogP contribution in [0.5, 0.6) is 0 Å². The van der Waals surface area contributed by atoms with Crippen molar-refractivity contribution in [1.29, 1.82) is 0 Å². The van der Waals surface area contributed by atoms with Gasteiger partial charge in [-0.15, -0.1) is 0 Å². The van der Waals surface area contributed by atoms with Crippen LogP contribution in [0.2, 0.25) is 0 Å². The molecule has 73 heavy (non-hydrogen) atoms. The summed E-state index contributed by atoms with van der Waals surface area (Å²) < 4.78 is 16.8. The molecule has 0 spiro atoms.